The predicted octanol–water partition coefficient (Wildman–Crippen LogP) is 3.48. The lowest BCUT2D eigenvalue weighted by Crippen LogP contribution is -2.13. The van der Waals surface area contributed by atoms with Gasteiger partial charge in [0.1, 0.15) is 12.2 Å². The lowest BCUT2D eigenvalue weighted by molar-refractivity contribution is 0.581. The van der Waals surface area contributed by atoms with Gasteiger partial charge < -0.3 is 5.32 Å². The van der Waals surface area contributed by atoms with Gasteiger partial charge in [-0.2, -0.15) is 5.10 Å². The standard InChI is InChI=1S/C16H24N4S/c1-3-9-17-11-14-5-7-15(8-6-14)21-12-16-18-13-19-20(16)10-4-2/h5-8,13,17H,3-4,9-12H2,1-2H3. The Labute approximate surface area is 131 Å². The maximum absolute atomic E-state index is 4.34. The number of nitrogens with one attached hydrogen (secondary N) is 1. The van der Waals surface area contributed by atoms with Crippen molar-refractivity contribution < 1.29 is 0 Å². The zero-order valence-corrected chi connectivity index (χ0v) is 13.7. The first-order chi connectivity index (χ1) is 10.3. The maximum atomic E-state index is 4.34. The van der Waals surface area contributed by atoms with Gasteiger partial charge in [0.15, 0.2) is 0 Å². The van der Waals surface area contributed by atoms with Crippen molar-refractivity contribution in [2.24, 2.45) is 0 Å². The third-order valence-corrected chi connectivity index (χ3v) is 4.19. The van der Waals surface area contributed by atoms with Crippen LogP contribution in [-0.2, 0) is 18.8 Å². The van der Waals surface area contributed by atoms with Crippen molar-refractivity contribution in [1.29, 1.82) is 0 Å². The summed E-state index contributed by atoms with van der Waals surface area (Å²) in [5.74, 6) is 1.92. The second-order valence-electron chi connectivity index (χ2n) is 5.01. The van der Waals surface area contributed by atoms with Crippen LogP contribution in [0, 0.1) is 0 Å². The third-order valence-electron chi connectivity index (χ3n) is 3.18. The number of hydrogen-bond acceptors (Lipinski definition) is 4. The molecule has 2 aromatic rings. The highest BCUT2D eigenvalue weighted by molar-refractivity contribution is 7.98. The largest absolute Gasteiger partial charge is 0.313 e. The molecule has 0 fully saturated rings. The number of aromatic nitrogens is 3. The zero-order chi connectivity index (χ0) is 14.9. The first-order valence-corrected chi connectivity index (χ1v) is 8.61. The van der Waals surface area contributed by atoms with E-state index >= 15 is 0 Å². The number of aryl methyl sites for hydroxylation is 1. The van der Waals surface area contributed by atoms with E-state index in [1.807, 2.05) is 16.4 Å². The summed E-state index contributed by atoms with van der Waals surface area (Å²) in [5.41, 5.74) is 1.34. The molecular weight excluding hydrogens is 280 g/mol. The lowest BCUT2D eigenvalue weighted by Gasteiger charge is -2.06. The average molecular weight is 304 g/mol. The van der Waals surface area contributed by atoms with Crippen molar-refractivity contribution in [1.82, 2.24) is 20.1 Å². The van der Waals surface area contributed by atoms with Crippen LogP contribution in [0.3, 0.4) is 0 Å². The highest BCUT2D eigenvalue weighted by atomic mass is 32.2. The second-order valence-corrected chi connectivity index (χ2v) is 6.06. The summed E-state index contributed by atoms with van der Waals surface area (Å²) in [4.78, 5) is 5.62. The second kappa shape index (κ2) is 8.85. The molecule has 1 aromatic carbocycles. The van der Waals surface area contributed by atoms with Crippen LogP contribution in [0.2, 0.25) is 0 Å². The van der Waals surface area contributed by atoms with Crippen molar-refractivity contribution >= 4 is 11.8 Å². The van der Waals surface area contributed by atoms with Crippen LogP contribution in [0.15, 0.2) is 35.5 Å². The summed E-state index contributed by atoms with van der Waals surface area (Å²) in [6.45, 7) is 7.30. The van der Waals surface area contributed by atoms with Crippen LogP contribution in [0.4, 0.5) is 0 Å². The van der Waals surface area contributed by atoms with Crippen molar-refractivity contribution in [3.63, 3.8) is 0 Å². The minimum Gasteiger partial charge on any atom is -0.313 e. The van der Waals surface area contributed by atoms with E-state index in [1.165, 1.54) is 16.9 Å². The third kappa shape index (κ3) is 5.17. The molecule has 1 N–H and O–H groups in total. The summed E-state index contributed by atoms with van der Waals surface area (Å²) in [6, 6.07) is 8.77. The number of hydrogen-bond donors (Lipinski definition) is 1. The normalized spacial score (nSPS) is 11.0. The fourth-order valence-electron chi connectivity index (χ4n) is 2.06. The van der Waals surface area contributed by atoms with Crippen molar-refractivity contribution in [2.45, 2.75) is 50.4 Å². The fraction of sp³-hybridized carbons (Fsp3) is 0.500. The smallest absolute Gasteiger partial charge is 0.138 e. The molecule has 0 saturated carbocycles. The van der Waals surface area contributed by atoms with Crippen LogP contribution in [0.5, 0.6) is 0 Å². The van der Waals surface area contributed by atoms with Crippen LogP contribution in [-0.4, -0.2) is 21.3 Å². The number of rotatable bonds is 9. The Morgan fingerprint density at radius 2 is 1.95 bits per heavy atom. The number of nitrogens with zero attached hydrogens (tertiary/aromatic N) is 3. The SMILES string of the molecule is CCCNCc1ccc(SCc2ncnn2CCC)cc1. The summed E-state index contributed by atoms with van der Waals surface area (Å²) in [6.07, 6.45) is 3.90. The van der Waals surface area contributed by atoms with Gasteiger partial charge in [0, 0.05) is 18.0 Å². The molecule has 1 heterocycles. The number of benzene rings is 1. The molecule has 0 saturated heterocycles. The van der Waals surface area contributed by atoms with Gasteiger partial charge in [-0.1, -0.05) is 26.0 Å². The Kier molecular flexibility index (Phi) is 6.76. The quantitative estimate of drug-likeness (QED) is 0.569. The molecule has 0 aliphatic carbocycles. The highest BCUT2D eigenvalue weighted by Gasteiger charge is 2.04. The summed E-state index contributed by atoms with van der Waals surface area (Å²) >= 11 is 1.81. The Morgan fingerprint density at radius 3 is 2.67 bits per heavy atom. The molecule has 0 bridgehead atoms. The van der Waals surface area contributed by atoms with Gasteiger partial charge >= 0.3 is 0 Å². The molecule has 0 amide bonds. The van der Waals surface area contributed by atoms with Gasteiger partial charge in [0.25, 0.3) is 0 Å². The molecule has 0 radical (unpaired) electrons. The minimum atomic E-state index is 0.868. The molecule has 114 valence electrons. The molecule has 0 spiro atoms. The van der Waals surface area contributed by atoms with E-state index in [2.05, 4.69) is 53.5 Å². The Morgan fingerprint density at radius 1 is 1.14 bits per heavy atom. The van der Waals surface area contributed by atoms with E-state index < -0.39 is 0 Å². The summed E-state index contributed by atoms with van der Waals surface area (Å²) < 4.78 is 2.00. The van der Waals surface area contributed by atoms with E-state index in [0.29, 0.717) is 0 Å². The average Bonchev–Trinajstić information content (AvgIpc) is 2.94. The summed E-state index contributed by atoms with van der Waals surface area (Å²) in [7, 11) is 0. The zero-order valence-electron chi connectivity index (χ0n) is 12.9. The maximum Gasteiger partial charge on any atom is 0.138 e. The van der Waals surface area contributed by atoms with Gasteiger partial charge in [-0.25, -0.2) is 9.67 Å². The first-order valence-electron chi connectivity index (χ1n) is 7.62. The molecule has 0 aliphatic rings. The monoisotopic (exact) mass is 304 g/mol. The molecule has 0 unspecified atom stereocenters. The van der Waals surface area contributed by atoms with Gasteiger partial charge in [0.2, 0.25) is 0 Å². The highest BCUT2D eigenvalue weighted by Crippen LogP contribution is 2.22. The molecule has 1 aromatic heterocycles. The lowest BCUT2D eigenvalue weighted by atomic mass is 10.2. The van der Waals surface area contributed by atoms with E-state index in [0.717, 1.165) is 37.6 Å². The summed E-state index contributed by atoms with van der Waals surface area (Å²) in [5, 5.41) is 7.68. The van der Waals surface area contributed by atoms with Crippen molar-refractivity contribution in [3.05, 3.63) is 42.0 Å². The van der Waals surface area contributed by atoms with E-state index in [1.54, 1.807) is 6.33 Å². The van der Waals surface area contributed by atoms with Crippen LogP contribution >= 0.6 is 11.8 Å². The topological polar surface area (TPSA) is 42.7 Å². The van der Waals surface area contributed by atoms with Crippen LogP contribution in [0.1, 0.15) is 38.1 Å². The first kappa shape index (κ1) is 16.0. The van der Waals surface area contributed by atoms with Gasteiger partial charge in [0.05, 0.1) is 5.75 Å². The van der Waals surface area contributed by atoms with Crippen LogP contribution in [0.25, 0.3) is 0 Å². The van der Waals surface area contributed by atoms with Crippen molar-refractivity contribution in [3.8, 4) is 0 Å². The Balaban J connectivity index is 1.84. The van der Waals surface area contributed by atoms with E-state index in [-0.39, 0.29) is 0 Å². The van der Waals surface area contributed by atoms with Gasteiger partial charge in [-0.3, -0.25) is 0 Å². The van der Waals surface area contributed by atoms with E-state index in [9.17, 15) is 0 Å². The molecule has 4 nitrogen and oxygen atoms in total. The molecule has 0 aliphatic heterocycles. The molecular formula is C16H24N4S. The van der Waals surface area contributed by atoms with Crippen molar-refractivity contribution in [2.75, 3.05) is 6.54 Å². The fourth-order valence-corrected chi connectivity index (χ4v) is 2.91. The van der Waals surface area contributed by atoms with E-state index in [4.69, 9.17) is 0 Å². The van der Waals surface area contributed by atoms with Crippen LogP contribution < -0.4 is 5.32 Å². The minimum absolute atomic E-state index is 0.868. The van der Waals surface area contributed by atoms with Gasteiger partial charge in [-0.05, 0) is 37.1 Å². The predicted molar refractivity (Wildman–Crippen MR) is 88.3 cm³/mol. The number of thioether (sulfide) groups is 1. The Bertz CT molecular complexity index is 521. The van der Waals surface area contributed by atoms with Gasteiger partial charge in [-0.15, -0.1) is 11.8 Å². The molecule has 0 atom stereocenters. The molecule has 21 heavy (non-hydrogen) atoms. The molecule has 5 heteroatoms. The molecule has 2 rings (SSSR count). The Hall–Kier alpha value is -1.33.